The molecule has 1 saturated carbocycles. The molecule has 1 aliphatic heterocycles. The smallest absolute Gasteiger partial charge is 0.216 e. The van der Waals surface area contributed by atoms with E-state index in [2.05, 4.69) is 19.1 Å². The van der Waals surface area contributed by atoms with Gasteiger partial charge in [-0.3, -0.25) is 0 Å². The predicted molar refractivity (Wildman–Crippen MR) is 92.2 cm³/mol. The quantitative estimate of drug-likeness (QED) is 0.827. The Balaban J connectivity index is 1.55. The lowest BCUT2D eigenvalue weighted by Crippen LogP contribution is -2.45. The minimum absolute atomic E-state index is 0.122. The van der Waals surface area contributed by atoms with Gasteiger partial charge in [0.25, 0.3) is 0 Å². The van der Waals surface area contributed by atoms with Crippen molar-refractivity contribution in [2.24, 2.45) is 0 Å². The van der Waals surface area contributed by atoms with Gasteiger partial charge < -0.3 is 4.74 Å². The number of benzene rings is 1. The van der Waals surface area contributed by atoms with E-state index in [-0.39, 0.29) is 11.4 Å². The second kappa shape index (κ2) is 7.22. The maximum absolute atomic E-state index is 12.6. The summed E-state index contributed by atoms with van der Waals surface area (Å²) < 4.78 is 33.0. The Kier molecular flexibility index (Phi) is 5.27. The Labute approximate surface area is 139 Å². The Morgan fingerprint density at radius 3 is 2.48 bits per heavy atom. The normalized spacial score (nSPS) is 21.6. The van der Waals surface area contributed by atoms with E-state index in [1.807, 2.05) is 12.1 Å². The highest BCUT2D eigenvalue weighted by atomic mass is 32.2. The number of ether oxygens (including phenoxy) is 1. The molecule has 5 heteroatoms. The fourth-order valence-corrected chi connectivity index (χ4v) is 5.70. The van der Waals surface area contributed by atoms with Crippen molar-refractivity contribution >= 4 is 10.0 Å². The molecule has 0 aromatic heterocycles. The van der Waals surface area contributed by atoms with Gasteiger partial charge in [-0.2, -0.15) is 0 Å². The minimum Gasteiger partial charge on any atom is -0.490 e. The van der Waals surface area contributed by atoms with Crippen LogP contribution in [0.5, 0.6) is 5.75 Å². The van der Waals surface area contributed by atoms with Crippen LogP contribution in [0.15, 0.2) is 24.3 Å². The third-order valence-electron chi connectivity index (χ3n) is 5.09. The zero-order chi connectivity index (χ0) is 16.3. The number of hydrogen-bond donors (Lipinski definition) is 0. The highest BCUT2D eigenvalue weighted by molar-refractivity contribution is 7.89. The number of piperidine rings is 1. The summed E-state index contributed by atoms with van der Waals surface area (Å²) in [6.07, 6.45) is 6.46. The fraction of sp³-hybridized carbons (Fsp3) is 0.667. The first-order valence-corrected chi connectivity index (χ1v) is 10.3. The Morgan fingerprint density at radius 2 is 1.83 bits per heavy atom. The largest absolute Gasteiger partial charge is 0.490 e. The van der Waals surface area contributed by atoms with E-state index in [1.54, 1.807) is 4.31 Å². The fourth-order valence-electron chi connectivity index (χ4n) is 3.63. The van der Waals surface area contributed by atoms with Crippen LogP contribution in [0.2, 0.25) is 0 Å². The summed E-state index contributed by atoms with van der Waals surface area (Å²) in [6, 6.07) is 8.19. The van der Waals surface area contributed by atoms with E-state index in [4.69, 9.17) is 4.74 Å². The first kappa shape index (κ1) is 16.8. The molecule has 23 heavy (non-hydrogen) atoms. The highest BCUT2D eigenvalue weighted by Gasteiger charge is 2.36. The molecule has 3 rings (SSSR count). The summed E-state index contributed by atoms with van der Waals surface area (Å²) in [6.45, 7) is 3.32. The van der Waals surface area contributed by atoms with Gasteiger partial charge in [-0.25, -0.2) is 12.7 Å². The van der Waals surface area contributed by atoms with Gasteiger partial charge in [0.1, 0.15) is 11.9 Å². The second-order valence-electron chi connectivity index (χ2n) is 6.67. The summed E-state index contributed by atoms with van der Waals surface area (Å²) >= 11 is 0. The number of rotatable bonds is 5. The summed E-state index contributed by atoms with van der Waals surface area (Å²) in [4.78, 5) is 0. The molecule has 1 saturated heterocycles. The topological polar surface area (TPSA) is 46.6 Å². The molecule has 1 aromatic rings. The minimum atomic E-state index is -3.09. The van der Waals surface area contributed by atoms with Crippen molar-refractivity contribution in [2.75, 3.05) is 13.1 Å². The van der Waals surface area contributed by atoms with Crippen LogP contribution in [0.25, 0.3) is 0 Å². The molecule has 0 atom stereocenters. The lowest BCUT2D eigenvalue weighted by Gasteiger charge is -2.33. The molecule has 2 aliphatic rings. The van der Waals surface area contributed by atoms with Crippen LogP contribution < -0.4 is 4.74 Å². The van der Waals surface area contributed by atoms with Gasteiger partial charge in [-0.15, -0.1) is 0 Å². The molecule has 1 aromatic carbocycles. The number of hydrogen-bond acceptors (Lipinski definition) is 3. The highest BCUT2D eigenvalue weighted by Crippen LogP contribution is 2.29. The van der Waals surface area contributed by atoms with Crippen LogP contribution in [0.3, 0.4) is 0 Å². The zero-order valence-electron chi connectivity index (χ0n) is 13.9. The van der Waals surface area contributed by atoms with Crippen molar-refractivity contribution in [3.05, 3.63) is 29.8 Å². The van der Waals surface area contributed by atoms with Crippen molar-refractivity contribution in [3.63, 3.8) is 0 Å². The first-order valence-electron chi connectivity index (χ1n) is 8.84. The SMILES string of the molecule is CCc1cccc(OC2CCN(S(=O)(=O)C3CCCC3)CC2)c1. The summed E-state index contributed by atoms with van der Waals surface area (Å²) in [5, 5.41) is -0.138. The third kappa shape index (κ3) is 3.89. The van der Waals surface area contributed by atoms with Crippen molar-refractivity contribution < 1.29 is 13.2 Å². The van der Waals surface area contributed by atoms with E-state index in [9.17, 15) is 8.42 Å². The van der Waals surface area contributed by atoms with Crippen LogP contribution in [0.4, 0.5) is 0 Å². The molecule has 0 amide bonds. The number of nitrogens with zero attached hydrogens (tertiary/aromatic N) is 1. The van der Waals surface area contributed by atoms with E-state index in [1.165, 1.54) is 5.56 Å². The van der Waals surface area contributed by atoms with Crippen molar-refractivity contribution in [1.82, 2.24) is 4.31 Å². The summed E-state index contributed by atoms with van der Waals surface area (Å²) in [5.74, 6) is 0.904. The van der Waals surface area contributed by atoms with E-state index in [0.717, 1.165) is 50.7 Å². The Morgan fingerprint density at radius 1 is 1.13 bits per heavy atom. The number of sulfonamides is 1. The zero-order valence-corrected chi connectivity index (χ0v) is 14.7. The molecule has 1 heterocycles. The Hall–Kier alpha value is -1.07. The van der Waals surface area contributed by atoms with Crippen molar-refractivity contribution in [1.29, 1.82) is 0 Å². The summed E-state index contributed by atoms with van der Waals surface area (Å²) in [5.41, 5.74) is 1.27. The molecule has 0 bridgehead atoms. The second-order valence-corrected chi connectivity index (χ2v) is 8.88. The van der Waals surface area contributed by atoms with Crippen LogP contribution in [-0.4, -0.2) is 37.2 Å². The molecule has 0 radical (unpaired) electrons. The van der Waals surface area contributed by atoms with Crippen LogP contribution in [0, 0.1) is 0 Å². The van der Waals surface area contributed by atoms with Gasteiger partial charge in [0.05, 0.1) is 5.25 Å². The van der Waals surface area contributed by atoms with Crippen molar-refractivity contribution in [2.45, 2.75) is 63.2 Å². The molecule has 0 spiro atoms. The van der Waals surface area contributed by atoms with E-state index in [0.29, 0.717) is 13.1 Å². The maximum Gasteiger partial charge on any atom is 0.216 e. The van der Waals surface area contributed by atoms with E-state index >= 15 is 0 Å². The summed E-state index contributed by atoms with van der Waals surface area (Å²) in [7, 11) is -3.09. The molecule has 0 unspecified atom stereocenters. The molecule has 0 N–H and O–H groups in total. The van der Waals surface area contributed by atoms with Gasteiger partial charge in [-0.05, 0) is 49.8 Å². The third-order valence-corrected chi connectivity index (χ3v) is 7.49. The lowest BCUT2D eigenvalue weighted by molar-refractivity contribution is 0.134. The molecule has 1 aliphatic carbocycles. The standard InChI is InChI=1S/C18H27NO3S/c1-2-15-6-5-7-17(14-15)22-16-10-12-19(13-11-16)23(20,21)18-8-3-4-9-18/h5-7,14,16,18H,2-4,8-13H2,1H3. The van der Waals surface area contributed by atoms with Gasteiger partial charge in [0.2, 0.25) is 10.0 Å². The molecule has 128 valence electrons. The first-order chi connectivity index (χ1) is 11.1. The lowest BCUT2D eigenvalue weighted by atomic mass is 10.1. The molecular formula is C18H27NO3S. The van der Waals surface area contributed by atoms with Crippen LogP contribution in [0.1, 0.15) is 51.0 Å². The molecule has 2 fully saturated rings. The monoisotopic (exact) mass is 337 g/mol. The van der Waals surface area contributed by atoms with Gasteiger partial charge in [-0.1, -0.05) is 31.9 Å². The molecule has 4 nitrogen and oxygen atoms in total. The average Bonchev–Trinajstić information content (AvgIpc) is 3.11. The van der Waals surface area contributed by atoms with Crippen molar-refractivity contribution in [3.8, 4) is 5.75 Å². The predicted octanol–water partition coefficient (Wildman–Crippen LogP) is 3.36. The Bertz CT molecular complexity index is 615. The van der Waals surface area contributed by atoms with Gasteiger partial charge in [0.15, 0.2) is 0 Å². The average molecular weight is 337 g/mol. The number of aryl methyl sites for hydroxylation is 1. The molecular weight excluding hydrogens is 310 g/mol. The van der Waals surface area contributed by atoms with Gasteiger partial charge in [0, 0.05) is 13.1 Å². The maximum atomic E-state index is 12.6. The van der Waals surface area contributed by atoms with Crippen LogP contribution in [-0.2, 0) is 16.4 Å². The van der Waals surface area contributed by atoms with Crippen LogP contribution >= 0.6 is 0 Å². The van der Waals surface area contributed by atoms with Gasteiger partial charge >= 0.3 is 0 Å². The van der Waals surface area contributed by atoms with E-state index < -0.39 is 10.0 Å².